The third-order valence-electron chi connectivity index (χ3n) is 4.29. The molecular formula is C14H18N2O8. The van der Waals surface area contributed by atoms with Crippen LogP contribution < -0.4 is 5.73 Å². The van der Waals surface area contributed by atoms with Gasteiger partial charge in [-0.25, -0.2) is 0 Å². The lowest BCUT2D eigenvalue weighted by Gasteiger charge is -2.52. The maximum Gasteiger partial charge on any atom is 0.269 e. The molecule has 10 nitrogen and oxygen atoms in total. The van der Waals surface area contributed by atoms with Crippen molar-refractivity contribution in [2.75, 3.05) is 6.61 Å². The van der Waals surface area contributed by atoms with E-state index in [9.17, 15) is 35.3 Å². The van der Waals surface area contributed by atoms with E-state index in [1.807, 2.05) is 0 Å². The molecule has 6 N–H and O–H groups in total. The smallest absolute Gasteiger partial charge is 0.269 e. The summed E-state index contributed by atoms with van der Waals surface area (Å²) in [4.78, 5) is 22.1. The lowest BCUT2D eigenvalue weighted by atomic mass is 9.72. The molecule has 1 aliphatic heterocycles. The number of benzene rings is 1. The van der Waals surface area contributed by atoms with Crippen LogP contribution in [0.4, 0.5) is 5.69 Å². The fourth-order valence-corrected chi connectivity index (χ4v) is 2.77. The minimum absolute atomic E-state index is 0.143. The van der Waals surface area contributed by atoms with E-state index >= 15 is 0 Å². The molecule has 0 aliphatic carbocycles. The minimum Gasteiger partial charge on any atom is -0.394 e. The first kappa shape index (κ1) is 18.4. The molecule has 1 saturated heterocycles. The number of ketones is 1. The van der Waals surface area contributed by atoms with Crippen LogP contribution in [0.5, 0.6) is 0 Å². The Kier molecular flexibility index (Phi) is 4.72. The Morgan fingerprint density at radius 2 is 1.92 bits per heavy atom. The molecule has 0 saturated carbocycles. The topological polar surface area (TPSA) is 176 Å². The van der Waals surface area contributed by atoms with Gasteiger partial charge in [0.2, 0.25) is 5.79 Å². The number of hydrogen-bond donors (Lipinski definition) is 5. The van der Waals surface area contributed by atoms with Crippen molar-refractivity contribution in [3.63, 3.8) is 0 Å². The van der Waals surface area contributed by atoms with Gasteiger partial charge >= 0.3 is 0 Å². The van der Waals surface area contributed by atoms with E-state index in [-0.39, 0.29) is 11.3 Å². The van der Waals surface area contributed by atoms with Crippen molar-refractivity contribution in [2.45, 2.75) is 36.6 Å². The van der Waals surface area contributed by atoms with Gasteiger partial charge in [-0.05, 0) is 19.1 Å². The normalized spacial score (nSPS) is 36.3. The van der Waals surface area contributed by atoms with Crippen molar-refractivity contribution in [3.8, 4) is 0 Å². The van der Waals surface area contributed by atoms with Crippen LogP contribution in [0.1, 0.15) is 12.5 Å². The average molecular weight is 342 g/mol. The standard InChI is InChI=1S/C14H18N2O8/c1-7(18)13(15)12(20)11(19)10(6-17)24-14(13,21)8-2-4-9(5-3-8)16(22)23/h2-5,10-12,17,19-21H,6,15H2,1H3/t10-,11-,12+,13-,14+/m1/s1. The summed E-state index contributed by atoms with van der Waals surface area (Å²) in [5, 5.41) is 51.1. The highest BCUT2D eigenvalue weighted by atomic mass is 16.7. The number of nitrogens with two attached hydrogens (primary N) is 1. The molecule has 0 spiro atoms. The molecule has 1 fully saturated rings. The first-order valence-corrected chi connectivity index (χ1v) is 7.01. The maximum atomic E-state index is 12.0. The number of Topliss-reactive ketones (excluding diaryl/α,β-unsaturated/α-hetero) is 1. The molecular weight excluding hydrogens is 324 g/mol. The van der Waals surface area contributed by atoms with Crippen molar-refractivity contribution in [1.82, 2.24) is 0 Å². The first-order valence-electron chi connectivity index (χ1n) is 7.01. The number of aliphatic hydroxyl groups is 4. The number of ether oxygens (including phenoxy) is 1. The third-order valence-corrected chi connectivity index (χ3v) is 4.29. The van der Waals surface area contributed by atoms with E-state index in [0.29, 0.717) is 0 Å². The van der Waals surface area contributed by atoms with E-state index < -0.39 is 47.0 Å². The van der Waals surface area contributed by atoms with E-state index in [2.05, 4.69) is 0 Å². The number of nitrogens with zero attached hydrogens (tertiary/aromatic N) is 1. The predicted octanol–water partition coefficient (Wildman–Crippen LogP) is -1.86. The number of non-ortho nitro benzene ring substituents is 1. The van der Waals surface area contributed by atoms with E-state index in [0.717, 1.165) is 31.2 Å². The molecule has 0 radical (unpaired) electrons. The van der Waals surface area contributed by atoms with E-state index in [1.54, 1.807) is 0 Å². The van der Waals surface area contributed by atoms with Crippen molar-refractivity contribution in [2.24, 2.45) is 5.73 Å². The Balaban J connectivity index is 2.59. The Morgan fingerprint density at radius 3 is 2.33 bits per heavy atom. The highest BCUT2D eigenvalue weighted by Gasteiger charge is 2.65. The summed E-state index contributed by atoms with van der Waals surface area (Å²) < 4.78 is 5.25. The largest absolute Gasteiger partial charge is 0.394 e. The van der Waals surface area contributed by atoms with Gasteiger partial charge in [0.05, 0.1) is 11.5 Å². The van der Waals surface area contributed by atoms with Crippen LogP contribution in [-0.4, -0.2) is 61.6 Å². The van der Waals surface area contributed by atoms with E-state index in [4.69, 9.17) is 10.5 Å². The van der Waals surface area contributed by atoms with Crippen LogP contribution >= 0.6 is 0 Å². The molecule has 0 bridgehead atoms. The van der Waals surface area contributed by atoms with Gasteiger partial charge in [0, 0.05) is 17.7 Å². The number of carbonyl (C=O) groups is 1. The van der Waals surface area contributed by atoms with Gasteiger partial charge in [-0.1, -0.05) is 0 Å². The van der Waals surface area contributed by atoms with E-state index in [1.165, 1.54) is 0 Å². The zero-order valence-corrected chi connectivity index (χ0v) is 12.7. The average Bonchev–Trinajstić information content (AvgIpc) is 2.56. The van der Waals surface area contributed by atoms with Crippen molar-refractivity contribution < 1.29 is 34.9 Å². The number of aliphatic hydroxyl groups excluding tert-OH is 3. The Labute approximate surface area is 136 Å². The van der Waals surface area contributed by atoms with Crippen LogP contribution in [0.2, 0.25) is 0 Å². The fourth-order valence-electron chi connectivity index (χ4n) is 2.77. The van der Waals surface area contributed by atoms with Gasteiger partial charge in [0.25, 0.3) is 5.69 Å². The summed E-state index contributed by atoms with van der Waals surface area (Å²) >= 11 is 0. The Morgan fingerprint density at radius 1 is 1.38 bits per heavy atom. The molecule has 0 aromatic heterocycles. The SMILES string of the molecule is CC(=O)[C@@]1(N)[C@@H](O)[C@H](O)[C@@H](CO)O[C@@]1(O)c1ccc([N+](=O)[O-])cc1. The highest BCUT2D eigenvalue weighted by molar-refractivity contribution is 5.88. The van der Waals surface area contributed by atoms with Crippen LogP contribution in [0.15, 0.2) is 24.3 Å². The summed E-state index contributed by atoms with van der Waals surface area (Å²) in [5.41, 5.74) is 3.04. The summed E-state index contributed by atoms with van der Waals surface area (Å²) in [6, 6.07) is 4.34. The highest BCUT2D eigenvalue weighted by Crippen LogP contribution is 2.43. The molecule has 0 unspecified atom stereocenters. The molecule has 0 amide bonds. The Hall–Kier alpha value is -1.95. The van der Waals surface area contributed by atoms with Crippen LogP contribution in [0, 0.1) is 10.1 Å². The van der Waals surface area contributed by atoms with Crippen molar-refractivity contribution in [3.05, 3.63) is 39.9 Å². The van der Waals surface area contributed by atoms with Crippen LogP contribution in [0.25, 0.3) is 0 Å². The fraction of sp³-hybridized carbons (Fsp3) is 0.500. The molecule has 5 atom stereocenters. The molecule has 1 aliphatic rings. The third kappa shape index (κ3) is 2.49. The Bertz CT molecular complexity index is 651. The second kappa shape index (κ2) is 6.16. The number of carbonyl (C=O) groups excluding carboxylic acids is 1. The van der Waals surface area contributed by atoms with Gasteiger partial charge in [-0.15, -0.1) is 0 Å². The monoisotopic (exact) mass is 342 g/mol. The number of nitro groups is 1. The lowest BCUT2D eigenvalue weighted by Crippen LogP contribution is -2.78. The van der Waals surface area contributed by atoms with Crippen molar-refractivity contribution >= 4 is 11.5 Å². The zero-order valence-electron chi connectivity index (χ0n) is 12.7. The molecule has 24 heavy (non-hydrogen) atoms. The quantitative estimate of drug-likeness (QED) is 0.310. The van der Waals surface area contributed by atoms with Crippen LogP contribution in [0.3, 0.4) is 0 Å². The molecule has 1 heterocycles. The molecule has 1 aromatic rings. The first-order chi connectivity index (χ1) is 11.1. The number of nitro benzene ring substituents is 1. The van der Waals surface area contributed by atoms with Gasteiger partial charge in [-0.3, -0.25) is 14.9 Å². The zero-order chi connectivity index (χ0) is 18.3. The predicted molar refractivity (Wildman–Crippen MR) is 78.6 cm³/mol. The summed E-state index contributed by atoms with van der Waals surface area (Å²) in [6.45, 7) is 0.233. The number of hydrogen-bond acceptors (Lipinski definition) is 9. The lowest BCUT2D eigenvalue weighted by molar-refractivity contribution is -0.385. The van der Waals surface area contributed by atoms with Gasteiger partial charge in [-0.2, -0.15) is 0 Å². The molecule has 2 rings (SSSR count). The second-order valence-corrected chi connectivity index (χ2v) is 5.65. The van der Waals surface area contributed by atoms with Crippen LogP contribution in [-0.2, 0) is 15.3 Å². The summed E-state index contributed by atoms with van der Waals surface area (Å²) in [6.07, 6.45) is -5.08. The second-order valence-electron chi connectivity index (χ2n) is 5.65. The summed E-state index contributed by atoms with van der Waals surface area (Å²) in [5.74, 6) is -3.49. The maximum absolute atomic E-state index is 12.0. The van der Waals surface area contributed by atoms with Crippen molar-refractivity contribution in [1.29, 1.82) is 0 Å². The molecule has 10 heteroatoms. The van der Waals surface area contributed by atoms with Gasteiger partial charge in [0.1, 0.15) is 18.3 Å². The molecule has 132 valence electrons. The van der Waals surface area contributed by atoms with Gasteiger partial charge in [0.15, 0.2) is 11.3 Å². The number of rotatable bonds is 4. The van der Waals surface area contributed by atoms with Gasteiger partial charge < -0.3 is 30.9 Å². The minimum atomic E-state index is -2.61. The summed E-state index contributed by atoms with van der Waals surface area (Å²) in [7, 11) is 0. The molecule has 1 aromatic carbocycles.